The Morgan fingerprint density at radius 3 is 2.53 bits per heavy atom. The smallest absolute Gasteiger partial charge is 0.129 e. The number of ether oxygens (including phenoxy) is 1. The Bertz CT molecular complexity index is 555. The first-order valence-corrected chi connectivity index (χ1v) is 6.78. The van der Waals surface area contributed by atoms with Crippen LogP contribution < -0.4 is 10.5 Å². The lowest BCUT2D eigenvalue weighted by atomic mass is 10.1. The molecule has 0 aromatic heterocycles. The fraction of sp³-hybridized carbons (Fsp3) is 0.200. The Kier molecular flexibility index (Phi) is 4.56. The molecule has 0 radical (unpaired) electrons. The van der Waals surface area contributed by atoms with E-state index >= 15 is 0 Å². The van der Waals surface area contributed by atoms with Gasteiger partial charge in [0.15, 0.2) is 0 Å². The van der Waals surface area contributed by atoms with E-state index in [1.54, 1.807) is 12.1 Å². The molecule has 0 fully saturated rings. The Labute approximate surface area is 120 Å². The molecule has 0 saturated heterocycles. The summed E-state index contributed by atoms with van der Waals surface area (Å²) in [6.45, 7) is 2.12. The zero-order valence-corrected chi connectivity index (χ0v) is 12.2. The second-order valence-electron chi connectivity index (χ2n) is 4.38. The number of rotatable bonds is 4. The van der Waals surface area contributed by atoms with Gasteiger partial charge in [0.05, 0.1) is 0 Å². The van der Waals surface area contributed by atoms with Gasteiger partial charge in [-0.25, -0.2) is 4.39 Å². The molecule has 0 amide bonds. The topological polar surface area (TPSA) is 35.2 Å². The van der Waals surface area contributed by atoms with Crippen molar-refractivity contribution in [2.75, 3.05) is 0 Å². The maximum atomic E-state index is 13.5. The molecule has 2 aromatic carbocycles. The van der Waals surface area contributed by atoms with Crippen molar-refractivity contribution in [1.29, 1.82) is 0 Å². The summed E-state index contributed by atoms with van der Waals surface area (Å²) in [7, 11) is 0. The van der Waals surface area contributed by atoms with Gasteiger partial charge in [0, 0.05) is 16.1 Å². The first-order chi connectivity index (χ1) is 9.06. The van der Waals surface area contributed by atoms with E-state index in [1.165, 1.54) is 6.07 Å². The van der Waals surface area contributed by atoms with E-state index in [1.807, 2.05) is 31.2 Å². The van der Waals surface area contributed by atoms with Gasteiger partial charge in [0.2, 0.25) is 0 Å². The maximum Gasteiger partial charge on any atom is 0.129 e. The van der Waals surface area contributed by atoms with Crippen molar-refractivity contribution in [3.8, 4) is 5.75 Å². The molecule has 2 N–H and O–H groups in total. The average Bonchev–Trinajstić information content (AvgIpc) is 2.40. The van der Waals surface area contributed by atoms with E-state index in [0.717, 1.165) is 10.0 Å². The lowest BCUT2D eigenvalue weighted by molar-refractivity contribution is 0.299. The Balaban J connectivity index is 2.04. The standard InChI is InChI=1S/C15H15BrFNO/c1-10(18)11-2-5-14(6-3-11)19-9-12-8-13(16)4-7-15(12)17/h2-8,10H,9,18H2,1H3. The van der Waals surface area contributed by atoms with E-state index in [2.05, 4.69) is 15.9 Å². The van der Waals surface area contributed by atoms with Gasteiger partial charge in [0.25, 0.3) is 0 Å². The van der Waals surface area contributed by atoms with Crippen molar-refractivity contribution in [3.05, 3.63) is 63.9 Å². The van der Waals surface area contributed by atoms with Crippen LogP contribution >= 0.6 is 15.9 Å². The van der Waals surface area contributed by atoms with E-state index in [-0.39, 0.29) is 18.5 Å². The number of nitrogens with two attached hydrogens (primary N) is 1. The lowest BCUT2D eigenvalue weighted by Gasteiger charge is -2.09. The van der Waals surface area contributed by atoms with Crippen LogP contribution in [-0.4, -0.2) is 0 Å². The third kappa shape index (κ3) is 3.78. The predicted octanol–water partition coefficient (Wildman–Crippen LogP) is 4.19. The molecule has 0 aliphatic carbocycles. The van der Waals surface area contributed by atoms with E-state index in [4.69, 9.17) is 10.5 Å². The van der Waals surface area contributed by atoms with E-state index in [0.29, 0.717) is 11.3 Å². The van der Waals surface area contributed by atoms with Crippen LogP contribution in [0.15, 0.2) is 46.9 Å². The van der Waals surface area contributed by atoms with Crippen LogP contribution in [-0.2, 0) is 6.61 Å². The Morgan fingerprint density at radius 2 is 1.89 bits per heavy atom. The molecule has 0 aliphatic heterocycles. The van der Waals surface area contributed by atoms with Crippen LogP contribution in [0.4, 0.5) is 4.39 Å². The fourth-order valence-electron chi connectivity index (χ4n) is 1.68. The molecule has 1 unspecified atom stereocenters. The third-order valence-corrected chi connectivity index (χ3v) is 3.30. The van der Waals surface area contributed by atoms with Gasteiger partial charge in [0.1, 0.15) is 18.2 Å². The number of hydrogen-bond acceptors (Lipinski definition) is 2. The average molecular weight is 324 g/mol. The van der Waals surface area contributed by atoms with Crippen molar-refractivity contribution in [2.45, 2.75) is 19.6 Å². The van der Waals surface area contributed by atoms with Crippen LogP contribution in [0.1, 0.15) is 24.1 Å². The van der Waals surface area contributed by atoms with Crippen LogP contribution in [0.2, 0.25) is 0 Å². The number of halogens is 2. The summed E-state index contributed by atoms with van der Waals surface area (Å²) in [6, 6.07) is 12.3. The van der Waals surface area contributed by atoms with Crippen LogP contribution in [0.5, 0.6) is 5.75 Å². The van der Waals surface area contributed by atoms with Gasteiger partial charge in [-0.3, -0.25) is 0 Å². The first kappa shape index (κ1) is 14.0. The minimum absolute atomic E-state index is 0.00317. The SMILES string of the molecule is CC(N)c1ccc(OCc2cc(Br)ccc2F)cc1. The molecule has 2 aromatic rings. The summed E-state index contributed by atoms with van der Waals surface area (Å²) in [5.41, 5.74) is 7.33. The Hall–Kier alpha value is -1.39. The quantitative estimate of drug-likeness (QED) is 0.915. The highest BCUT2D eigenvalue weighted by Gasteiger charge is 2.04. The largest absolute Gasteiger partial charge is 0.489 e. The summed E-state index contributed by atoms with van der Waals surface area (Å²) in [5, 5.41) is 0. The monoisotopic (exact) mass is 323 g/mol. The van der Waals surface area contributed by atoms with Crippen molar-refractivity contribution < 1.29 is 9.13 Å². The zero-order chi connectivity index (χ0) is 13.8. The Morgan fingerprint density at radius 1 is 1.21 bits per heavy atom. The molecule has 2 nitrogen and oxygen atoms in total. The summed E-state index contributed by atoms with van der Waals surface area (Å²) >= 11 is 3.31. The molecule has 0 aliphatic rings. The molecule has 100 valence electrons. The molecule has 0 spiro atoms. The molecule has 0 saturated carbocycles. The van der Waals surface area contributed by atoms with Gasteiger partial charge >= 0.3 is 0 Å². The van der Waals surface area contributed by atoms with E-state index in [9.17, 15) is 4.39 Å². The molecular formula is C15H15BrFNO. The maximum absolute atomic E-state index is 13.5. The second kappa shape index (κ2) is 6.17. The predicted molar refractivity (Wildman–Crippen MR) is 77.5 cm³/mol. The molecule has 1 atom stereocenters. The number of hydrogen-bond donors (Lipinski definition) is 1. The molecule has 19 heavy (non-hydrogen) atoms. The zero-order valence-electron chi connectivity index (χ0n) is 10.6. The molecule has 2 rings (SSSR count). The van der Waals surface area contributed by atoms with Gasteiger partial charge < -0.3 is 10.5 Å². The van der Waals surface area contributed by atoms with Crippen molar-refractivity contribution in [2.24, 2.45) is 5.73 Å². The van der Waals surface area contributed by atoms with Crippen molar-refractivity contribution >= 4 is 15.9 Å². The normalized spacial score (nSPS) is 12.2. The summed E-state index contributed by atoms with van der Waals surface area (Å²) in [6.07, 6.45) is 0. The highest BCUT2D eigenvalue weighted by atomic mass is 79.9. The molecule has 4 heteroatoms. The highest BCUT2D eigenvalue weighted by Crippen LogP contribution is 2.20. The van der Waals surface area contributed by atoms with Crippen molar-refractivity contribution in [3.63, 3.8) is 0 Å². The minimum Gasteiger partial charge on any atom is -0.489 e. The summed E-state index contributed by atoms with van der Waals surface area (Å²) in [4.78, 5) is 0. The van der Waals surface area contributed by atoms with Crippen molar-refractivity contribution in [1.82, 2.24) is 0 Å². The summed E-state index contributed by atoms with van der Waals surface area (Å²) in [5.74, 6) is 0.430. The van der Waals surface area contributed by atoms with Gasteiger partial charge in [-0.15, -0.1) is 0 Å². The molecule has 0 bridgehead atoms. The van der Waals surface area contributed by atoms with E-state index < -0.39 is 0 Å². The van der Waals surface area contributed by atoms with Gasteiger partial charge in [-0.05, 0) is 42.8 Å². The number of benzene rings is 2. The summed E-state index contributed by atoms with van der Waals surface area (Å²) < 4.78 is 19.9. The minimum atomic E-state index is -0.268. The van der Waals surface area contributed by atoms with Crippen LogP contribution in [0.25, 0.3) is 0 Å². The first-order valence-electron chi connectivity index (χ1n) is 5.98. The van der Waals surface area contributed by atoms with Gasteiger partial charge in [-0.2, -0.15) is 0 Å². The second-order valence-corrected chi connectivity index (χ2v) is 5.30. The fourth-order valence-corrected chi connectivity index (χ4v) is 2.09. The lowest BCUT2D eigenvalue weighted by Crippen LogP contribution is -2.04. The van der Waals surface area contributed by atoms with Gasteiger partial charge in [-0.1, -0.05) is 28.1 Å². The van der Waals surface area contributed by atoms with Crippen LogP contribution in [0.3, 0.4) is 0 Å². The molecule has 0 heterocycles. The third-order valence-electron chi connectivity index (χ3n) is 2.81. The molecular weight excluding hydrogens is 309 g/mol. The highest BCUT2D eigenvalue weighted by molar-refractivity contribution is 9.10. The van der Waals surface area contributed by atoms with Crippen LogP contribution in [0, 0.1) is 5.82 Å².